The molecule has 372 valence electrons. The Balaban J connectivity index is 4.36. The van der Waals surface area contributed by atoms with Crippen LogP contribution < -0.4 is 0 Å². The number of ether oxygens (including phenoxy) is 3. The summed E-state index contributed by atoms with van der Waals surface area (Å²) in [6.07, 6.45) is 63.9. The standard InChI is InChI=1S/C58H104O6/c1-4-7-10-13-16-19-22-25-27-28-29-30-32-34-37-40-43-46-49-52-58(61)64-55(53-62-56(59)50-47-44-41-38-35-24-21-18-15-12-9-6-3)54-63-57(60)51-48-45-42-39-36-33-31-26-23-20-17-14-11-8-5-2/h8,11,17,20,26,31,36,39,55H,4-7,9-10,12-16,18-19,21-25,27-30,32-35,37-38,40-54H2,1-3H3/b11-8-,20-17-,31-26-,39-36-/t55-/m0/s1. The van der Waals surface area contributed by atoms with Crippen LogP contribution >= 0.6 is 0 Å². The fourth-order valence-electron chi connectivity index (χ4n) is 7.96. The van der Waals surface area contributed by atoms with Crippen LogP contribution in [-0.2, 0) is 28.6 Å². The highest BCUT2D eigenvalue weighted by atomic mass is 16.6. The zero-order valence-electron chi connectivity index (χ0n) is 42.6. The van der Waals surface area contributed by atoms with Crippen molar-refractivity contribution in [3.63, 3.8) is 0 Å². The molecule has 0 aromatic rings. The first-order chi connectivity index (χ1) is 31.5. The number of carbonyl (C=O) groups is 3. The summed E-state index contributed by atoms with van der Waals surface area (Å²) in [7, 11) is 0. The molecule has 0 bridgehead atoms. The van der Waals surface area contributed by atoms with Gasteiger partial charge in [0.05, 0.1) is 0 Å². The van der Waals surface area contributed by atoms with Gasteiger partial charge in [0.2, 0.25) is 0 Å². The van der Waals surface area contributed by atoms with Crippen molar-refractivity contribution in [1.29, 1.82) is 0 Å². The molecule has 0 heterocycles. The highest BCUT2D eigenvalue weighted by Gasteiger charge is 2.19. The van der Waals surface area contributed by atoms with Crippen LogP contribution in [0, 0.1) is 0 Å². The first-order valence-corrected chi connectivity index (χ1v) is 27.6. The zero-order chi connectivity index (χ0) is 46.5. The van der Waals surface area contributed by atoms with Gasteiger partial charge >= 0.3 is 17.9 Å². The van der Waals surface area contributed by atoms with Crippen molar-refractivity contribution >= 4 is 17.9 Å². The molecule has 0 rings (SSSR count). The highest BCUT2D eigenvalue weighted by Crippen LogP contribution is 2.16. The van der Waals surface area contributed by atoms with Crippen molar-refractivity contribution in [2.24, 2.45) is 0 Å². The Morgan fingerprint density at radius 3 is 0.953 bits per heavy atom. The quantitative estimate of drug-likeness (QED) is 0.0262. The largest absolute Gasteiger partial charge is 0.462 e. The Bertz CT molecular complexity index is 1120. The summed E-state index contributed by atoms with van der Waals surface area (Å²) < 4.78 is 16.8. The van der Waals surface area contributed by atoms with Gasteiger partial charge in [-0.05, 0) is 57.8 Å². The molecule has 0 aromatic carbocycles. The second kappa shape index (κ2) is 53.0. The summed E-state index contributed by atoms with van der Waals surface area (Å²) in [6.45, 7) is 6.52. The first kappa shape index (κ1) is 61.4. The molecule has 0 aliphatic carbocycles. The van der Waals surface area contributed by atoms with Gasteiger partial charge in [0.15, 0.2) is 6.10 Å². The fraction of sp³-hybridized carbons (Fsp3) is 0.810. The zero-order valence-corrected chi connectivity index (χ0v) is 42.6. The Hall–Kier alpha value is -2.63. The van der Waals surface area contributed by atoms with Crippen LogP contribution in [0.4, 0.5) is 0 Å². The van der Waals surface area contributed by atoms with E-state index in [1.165, 1.54) is 161 Å². The van der Waals surface area contributed by atoms with E-state index in [1.807, 2.05) is 0 Å². The molecule has 0 amide bonds. The van der Waals surface area contributed by atoms with Crippen molar-refractivity contribution in [2.75, 3.05) is 13.2 Å². The highest BCUT2D eigenvalue weighted by molar-refractivity contribution is 5.71. The minimum absolute atomic E-state index is 0.0822. The molecule has 6 heteroatoms. The van der Waals surface area contributed by atoms with Gasteiger partial charge in [-0.25, -0.2) is 0 Å². The molecule has 0 fully saturated rings. The second-order valence-corrected chi connectivity index (χ2v) is 18.5. The predicted octanol–water partition coefficient (Wildman–Crippen LogP) is 18.3. The molecule has 0 saturated carbocycles. The van der Waals surface area contributed by atoms with Crippen LogP contribution in [0.1, 0.15) is 284 Å². The lowest BCUT2D eigenvalue weighted by Gasteiger charge is -2.18. The van der Waals surface area contributed by atoms with Gasteiger partial charge in [0.25, 0.3) is 0 Å². The van der Waals surface area contributed by atoms with E-state index < -0.39 is 6.10 Å². The molecule has 0 unspecified atom stereocenters. The van der Waals surface area contributed by atoms with E-state index in [0.717, 1.165) is 83.5 Å². The molecule has 0 aromatic heterocycles. The number of hydrogen-bond acceptors (Lipinski definition) is 6. The normalized spacial score (nSPS) is 12.4. The minimum atomic E-state index is -0.785. The Labute approximate surface area is 397 Å². The van der Waals surface area contributed by atoms with Gasteiger partial charge in [-0.1, -0.05) is 256 Å². The molecular weight excluding hydrogens is 793 g/mol. The SMILES string of the molecule is CC/C=C\C/C=C\C/C=C\C/C=C\CCCCC(=O)OC[C@H](COC(=O)CCCCCCCCCCCCCC)OC(=O)CCCCCCCCCCCCCCCCCCCCC. The summed E-state index contributed by atoms with van der Waals surface area (Å²) in [6, 6.07) is 0. The number of rotatable bonds is 50. The average molecular weight is 897 g/mol. The third-order valence-electron chi connectivity index (χ3n) is 12.1. The molecule has 0 saturated heterocycles. The summed E-state index contributed by atoms with van der Waals surface area (Å²) >= 11 is 0. The number of unbranched alkanes of at least 4 members (excludes halogenated alkanes) is 31. The van der Waals surface area contributed by atoms with Crippen molar-refractivity contribution < 1.29 is 28.6 Å². The molecule has 0 aliphatic heterocycles. The van der Waals surface area contributed by atoms with Crippen LogP contribution in [0.15, 0.2) is 48.6 Å². The summed E-state index contributed by atoms with van der Waals surface area (Å²) in [5.74, 6) is -0.912. The molecule has 1 atom stereocenters. The van der Waals surface area contributed by atoms with Crippen LogP contribution in [0.25, 0.3) is 0 Å². The smallest absolute Gasteiger partial charge is 0.306 e. The third kappa shape index (κ3) is 50.4. The van der Waals surface area contributed by atoms with E-state index in [2.05, 4.69) is 69.4 Å². The fourth-order valence-corrected chi connectivity index (χ4v) is 7.96. The van der Waals surface area contributed by atoms with E-state index in [1.54, 1.807) is 0 Å². The van der Waals surface area contributed by atoms with E-state index in [-0.39, 0.29) is 31.1 Å². The van der Waals surface area contributed by atoms with Gasteiger partial charge in [-0.15, -0.1) is 0 Å². The molecule has 6 nitrogen and oxygen atoms in total. The van der Waals surface area contributed by atoms with E-state index in [0.29, 0.717) is 19.3 Å². The Morgan fingerprint density at radius 1 is 0.328 bits per heavy atom. The number of allylic oxidation sites excluding steroid dienone is 8. The topological polar surface area (TPSA) is 78.9 Å². The summed E-state index contributed by atoms with van der Waals surface area (Å²) in [4.78, 5) is 38.0. The lowest BCUT2D eigenvalue weighted by Crippen LogP contribution is -2.30. The maximum Gasteiger partial charge on any atom is 0.306 e. The molecule has 0 N–H and O–H groups in total. The van der Waals surface area contributed by atoms with E-state index >= 15 is 0 Å². The van der Waals surface area contributed by atoms with Crippen LogP contribution in [0.5, 0.6) is 0 Å². The average Bonchev–Trinajstić information content (AvgIpc) is 3.29. The van der Waals surface area contributed by atoms with Gasteiger partial charge in [0, 0.05) is 19.3 Å². The minimum Gasteiger partial charge on any atom is -0.462 e. The van der Waals surface area contributed by atoms with E-state index in [9.17, 15) is 14.4 Å². The lowest BCUT2D eigenvalue weighted by atomic mass is 10.0. The summed E-state index contributed by atoms with van der Waals surface area (Å²) in [5.41, 5.74) is 0. The number of esters is 3. The number of hydrogen-bond donors (Lipinski definition) is 0. The molecule has 0 radical (unpaired) electrons. The summed E-state index contributed by atoms with van der Waals surface area (Å²) in [5, 5.41) is 0. The van der Waals surface area contributed by atoms with Crippen LogP contribution in [0.2, 0.25) is 0 Å². The Kier molecular flexibility index (Phi) is 50.8. The number of carbonyl (C=O) groups excluding carboxylic acids is 3. The lowest BCUT2D eigenvalue weighted by molar-refractivity contribution is -0.167. The molecule has 0 spiro atoms. The third-order valence-corrected chi connectivity index (χ3v) is 12.1. The second-order valence-electron chi connectivity index (χ2n) is 18.5. The van der Waals surface area contributed by atoms with Gasteiger partial charge in [0.1, 0.15) is 13.2 Å². The monoisotopic (exact) mass is 897 g/mol. The molecular formula is C58H104O6. The molecule has 64 heavy (non-hydrogen) atoms. The van der Waals surface area contributed by atoms with Gasteiger partial charge in [-0.2, -0.15) is 0 Å². The van der Waals surface area contributed by atoms with Crippen LogP contribution in [0.3, 0.4) is 0 Å². The van der Waals surface area contributed by atoms with Crippen molar-refractivity contribution in [3.05, 3.63) is 48.6 Å². The van der Waals surface area contributed by atoms with Crippen molar-refractivity contribution in [3.8, 4) is 0 Å². The van der Waals surface area contributed by atoms with Crippen molar-refractivity contribution in [1.82, 2.24) is 0 Å². The first-order valence-electron chi connectivity index (χ1n) is 27.6. The van der Waals surface area contributed by atoms with Gasteiger partial charge in [-0.3, -0.25) is 14.4 Å². The molecule has 0 aliphatic rings. The van der Waals surface area contributed by atoms with Crippen molar-refractivity contribution in [2.45, 2.75) is 290 Å². The van der Waals surface area contributed by atoms with Gasteiger partial charge < -0.3 is 14.2 Å². The Morgan fingerprint density at radius 2 is 0.609 bits per heavy atom. The maximum atomic E-state index is 12.8. The van der Waals surface area contributed by atoms with Crippen LogP contribution in [-0.4, -0.2) is 37.2 Å². The predicted molar refractivity (Wildman–Crippen MR) is 275 cm³/mol. The maximum absolute atomic E-state index is 12.8. The van der Waals surface area contributed by atoms with E-state index in [4.69, 9.17) is 14.2 Å².